The lowest BCUT2D eigenvalue weighted by atomic mass is 9.83. The Morgan fingerprint density at radius 3 is 2.84 bits per heavy atom. The monoisotopic (exact) mass is 328 g/mol. The van der Waals surface area contributed by atoms with Crippen molar-refractivity contribution in [3.8, 4) is 0 Å². The third-order valence-corrected chi connectivity index (χ3v) is 5.47. The zero-order valence-corrected chi connectivity index (χ0v) is 13.1. The van der Waals surface area contributed by atoms with Crippen molar-refractivity contribution in [2.24, 2.45) is 13.0 Å². The van der Waals surface area contributed by atoms with E-state index >= 15 is 0 Å². The molecule has 2 aliphatic rings. The van der Waals surface area contributed by atoms with Crippen LogP contribution in [0, 0.1) is 5.92 Å². The minimum Gasteiger partial charge on any atom is -0.392 e. The molecule has 19 heavy (non-hydrogen) atoms. The molecule has 2 fully saturated rings. The van der Waals surface area contributed by atoms with Gasteiger partial charge in [0, 0.05) is 19.4 Å². The lowest BCUT2D eigenvalue weighted by Crippen LogP contribution is -2.31. The summed E-state index contributed by atoms with van der Waals surface area (Å²) in [5, 5.41) is 15.0. The summed E-state index contributed by atoms with van der Waals surface area (Å²) in [6.45, 7) is 2.09. The van der Waals surface area contributed by atoms with Crippen LogP contribution in [0.5, 0.6) is 0 Å². The van der Waals surface area contributed by atoms with Crippen LogP contribution in [-0.4, -0.2) is 33.2 Å². The minimum absolute atomic E-state index is 0.276. The van der Waals surface area contributed by atoms with Crippen molar-refractivity contribution < 1.29 is 9.84 Å². The van der Waals surface area contributed by atoms with Crippen LogP contribution in [0.1, 0.15) is 37.6 Å². The molecule has 0 amide bonds. The van der Waals surface area contributed by atoms with E-state index in [4.69, 9.17) is 4.74 Å². The number of fused-ring (bicyclic) bond motifs is 2. The van der Waals surface area contributed by atoms with Crippen molar-refractivity contribution in [2.75, 3.05) is 0 Å². The maximum Gasteiger partial charge on any atom is 0.0766 e. The van der Waals surface area contributed by atoms with Crippen molar-refractivity contribution in [3.63, 3.8) is 0 Å². The van der Waals surface area contributed by atoms with E-state index in [1.165, 1.54) is 6.42 Å². The van der Waals surface area contributed by atoms with E-state index in [1.54, 1.807) is 0 Å². The summed E-state index contributed by atoms with van der Waals surface area (Å²) >= 11 is 3.61. The van der Waals surface area contributed by atoms with Crippen molar-refractivity contribution in [1.82, 2.24) is 9.78 Å². The summed E-state index contributed by atoms with van der Waals surface area (Å²) in [5.41, 5.74) is 2.15. The Morgan fingerprint density at radius 1 is 1.53 bits per heavy atom. The van der Waals surface area contributed by atoms with Gasteiger partial charge in [-0.3, -0.25) is 4.68 Å². The molecule has 4 nitrogen and oxygen atoms in total. The van der Waals surface area contributed by atoms with E-state index < -0.39 is 0 Å². The number of rotatable bonds is 4. The first-order valence-electron chi connectivity index (χ1n) is 7.14. The number of ether oxygens (including phenoxy) is 1. The molecule has 3 heterocycles. The van der Waals surface area contributed by atoms with Gasteiger partial charge in [0.15, 0.2) is 0 Å². The van der Waals surface area contributed by atoms with Gasteiger partial charge >= 0.3 is 0 Å². The molecule has 0 saturated carbocycles. The van der Waals surface area contributed by atoms with Gasteiger partial charge in [-0.2, -0.15) is 5.10 Å². The molecule has 4 unspecified atom stereocenters. The highest BCUT2D eigenvalue weighted by Crippen LogP contribution is 2.41. The second kappa shape index (κ2) is 5.19. The average Bonchev–Trinajstić information content (AvgIpc) is 3.08. The average molecular weight is 329 g/mol. The van der Waals surface area contributed by atoms with Crippen molar-refractivity contribution in [2.45, 2.75) is 57.3 Å². The molecule has 2 saturated heterocycles. The van der Waals surface area contributed by atoms with E-state index in [1.807, 2.05) is 11.7 Å². The SMILES string of the molecule is CCc1nn(C)c(CC(O)C2CC3CCC2O3)c1Br. The van der Waals surface area contributed by atoms with Gasteiger partial charge in [0.05, 0.1) is 34.2 Å². The first-order valence-corrected chi connectivity index (χ1v) is 7.93. The second-order valence-corrected chi connectivity index (χ2v) is 6.52. The Morgan fingerprint density at radius 2 is 2.32 bits per heavy atom. The highest BCUT2D eigenvalue weighted by atomic mass is 79.9. The largest absolute Gasteiger partial charge is 0.392 e. The van der Waals surface area contributed by atoms with Crippen molar-refractivity contribution >= 4 is 15.9 Å². The van der Waals surface area contributed by atoms with Gasteiger partial charge in [-0.1, -0.05) is 6.92 Å². The topological polar surface area (TPSA) is 47.3 Å². The molecule has 3 rings (SSSR count). The first-order chi connectivity index (χ1) is 9.10. The lowest BCUT2D eigenvalue weighted by molar-refractivity contribution is 0.0423. The van der Waals surface area contributed by atoms with Gasteiger partial charge in [-0.25, -0.2) is 0 Å². The molecule has 0 spiro atoms. The molecule has 2 aliphatic heterocycles. The van der Waals surface area contributed by atoms with Crippen LogP contribution in [-0.2, 0) is 24.6 Å². The van der Waals surface area contributed by atoms with E-state index in [2.05, 4.69) is 28.0 Å². The van der Waals surface area contributed by atoms with Crippen molar-refractivity contribution in [1.29, 1.82) is 0 Å². The summed E-state index contributed by atoms with van der Waals surface area (Å²) in [7, 11) is 1.95. The third-order valence-electron chi connectivity index (χ3n) is 4.55. The predicted molar refractivity (Wildman–Crippen MR) is 76.0 cm³/mol. The number of hydrogen-bond donors (Lipinski definition) is 1. The second-order valence-electron chi connectivity index (χ2n) is 5.73. The third kappa shape index (κ3) is 2.36. The summed E-state index contributed by atoms with van der Waals surface area (Å²) < 4.78 is 8.78. The number of aliphatic hydroxyl groups is 1. The van der Waals surface area contributed by atoms with Gasteiger partial charge < -0.3 is 9.84 Å². The first kappa shape index (κ1) is 13.6. The van der Waals surface area contributed by atoms with Crippen LogP contribution in [0.15, 0.2) is 4.47 Å². The predicted octanol–water partition coefficient (Wildman–Crippen LogP) is 2.22. The molecule has 106 valence electrons. The molecule has 1 N–H and O–H groups in total. The lowest BCUT2D eigenvalue weighted by Gasteiger charge is -2.24. The van der Waals surface area contributed by atoms with Gasteiger partial charge in [0.1, 0.15) is 0 Å². The van der Waals surface area contributed by atoms with Crippen LogP contribution >= 0.6 is 15.9 Å². The molecule has 0 aromatic carbocycles. The summed E-state index contributed by atoms with van der Waals surface area (Å²) in [6, 6.07) is 0. The van der Waals surface area contributed by atoms with E-state index in [9.17, 15) is 5.11 Å². The van der Waals surface area contributed by atoms with Gasteiger partial charge in [-0.15, -0.1) is 0 Å². The molecule has 0 radical (unpaired) electrons. The van der Waals surface area contributed by atoms with E-state index in [-0.39, 0.29) is 12.2 Å². The number of aromatic nitrogens is 2. The zero-order chi connectivity index (χ0) is 13.6. The Balaban J connectivity index is 1.73. The van der Waals surface area contributed by atoms with Crippen LogP contribution in [0.3, 0.4) is 0 Å². The van der Waals surface area contributed by atoms with Crippen LogP contribution in [0.4, 0.5) is 0 Å². The molecule has 1 aromatic rings. The summed E-state index contributed by atoms with van der Waals surface area (Å²) in [4.78, 5) is 0. The van der Waals surface area contributed by atoms with Crippen molar-refractivity contribution in [3.05, 3.63) is 15.9 Å². The van der Waals surface area contributed by atoms with Gasteiger partial charge in [-0.05, 0) is 41.6 Å². The fraction of sp³-hybridized carbons (Fsp3) is 0.786. The van der Waals surface area contributed by atoms with Crippen LogP contribution in [0.2, 0.25) is 0 Å². The molecular formula is C14H21BrN2O2. The van der Waals surface area contributed by atoms with E-state index in [0.29, 0.717) is 18.4 Å². The number of aryl methyl sites for hydroxylation is 2. The molecular weight excluding hydrogens is 308 g/mol. The zero-order valence-electron chi connectivity index (χ0n) is 11.5. The fourth-order valence-corrected chi connectivity index (χ4v) is 4.25. The number of nitrogens with zero attached hydrogens (tertiary/aromatic N) is 2. The highest BCUT2D eigenvalue weighted by Gasteiger charge is 2.44. The maximum atomic E-state index is 10.5. The highest BCUT2D eigenvalue weighted by molar-refractivity contribution is 9.10. The van der Waals surface area contributed by atoms with Gasteiger partial charge in [0.25, 0.3) is 0 Å². The standard InChI is InChI=1S/C14H21BrN2O2/c1-3-10-14(15)11(17(2)16-10)7-12(18)9-6-8-4-5-13(9)19-8/h8-9,12-13,18H,3-7H2,1-2H3. The Labute approximate surface area is 122 Å². The molecule has 5 heteroatoms. The Kier molecular flexibility index (Phi) is 3.71. The summed E-state index contributed by atoms with van der Waals surface area (Å²) in [6.07, 6.45) is 5.20. The number of halogens is 1. The quantitative estimate of drug-likeness (QED) is 0.921. The van der Waals surface area contributed by atoms with Crippen LogP contribution in [0.25, 0.3) is 0 Å². The number of aliphatic hydroxyl groups excluding tert-OH is 1. The molecule has 2 bridgehead atoms. The number of hydrogen-bond acceptors (Lipinski definition) is 3. The normalized spacial score (nSPS) is 31.1. The molecule has 4 atom stereocenters. The smallest absolute Gasteiger partial charge is 0.0766 e. The fourth-order valence-electron chi connectivity index (χ4n) is 3.47. The maximum absolute atomic E-state index is 10.5. The minimum atomic E-state index is -0.327. The molecule has 0 aliphatic carbocycles. The summed E-state index contributed by atoms with van der Waals surface area (Å²) in [5.74, 6) is 0.297. The van der Waals surface area contributed by atoms with Gasteiger partial charge in [0.2, 0.25) is 0 Å². The van der Waals surface area contributed by atoms with E-state index in [0.717, 1.165) is 35.1 Å². The van der Waals surface area contributed by atoms with Crippen LogP contribution < -0.4 is 0 Å². The Bertz CT molecular complexity index is 474. The molecule has 1 aromatic heterocycles. The Hall–Kier alpha value is -0.390.